The van der Waals surface area contributed by atoms with Gasteiger partial charge in [-0.1, -0.05) is 0 Å². The molecule has 0 saturated heterocycles. The van der Waals surface area contributed by atoms with E-state index in [-0.39, 0.29) is 17.5 Å². The zero-order valence-corrected chi connectivity index (χ0v) is 31.2. The van der Waals surface area contributed by atoms with Gasteiger partial charge in [0.25, 0.3) is 0 Å². The molecule has 0 saturated carbocycles. The van der Waals surface area contributed by atoms with E-state index in [1.807, 2.05) is 50.3 Å². The third-order valence-corrected chi connectivity index (χ3v) is 23.7. The summed E-state index contributed by atoms with van der Waals surface area (Å²) in [6.45, 7) is 4.04. The fourth-order valence-corrected chi connectivity index (χ4v) is 24.3. The summed E-state index contributed by atoms with van der Waals surface area (Å²) < 4.78 is 85.4. The summed E-state index contributed by atoms with van der Waals surface area (Å²) in [6.07, 6.45) is -8.06. The van der Waals surface area contributed by atoms with Gasteiger partial charge in [0.2, 0.25) is 0 Å². The van der Waals surface area contributed by atoms with Crippen LogP contribution in [0.4, 0.5) is 26.3 Å². The number of alkyl halides is 6. The van der Waals surface area contributed by atoms with Gasteiger partial charge in [0.1, 0.15) is 0 Å². The first-order valence-electron chi connectivity index (χ1n) is 15.5. The van der Waals surface area contributed by atoms with Crippen molar-refractivity contribution in [3.63, 3.8) is 0 Å². The normalized spacial score (nSPS) is 16.2. The van der Waals surface area contributed by atoms with Crippen molar-refractivity contribution in [3.05, 3.63) is 131 Å². The molecule has 244 valence electrons. The monoisotopic (exact) mass is 786 g/mol. The second-order valence-corrected chi connectivity index (χ2v) is 28.5. The number of halogens is 8. The minimum atomic E-state index is -4.99. The summed E-state index contributed by atoms with van der Waals surface area (Å²) >= 11 is -4.49. The quantitative estimate of drug-likeness (QED) is 0.121. The molecule has 0 N–H and O–H groups in total. The zero-order valence-electron chi connectivity index (χ0n) is 25.8. The van der Waals surface area contributed by atoms with E-state index in [9.17, 15) is 26.3 Å². The molecule has 1 heterocycles. The number of allylic oxidation sites excluding steroid dienone is 1. The topological polar surface area (TPSA) is 0 Å². The van der Waals surface area contributed by atoms with E-state index >= 15 is 0 Å². The molecular weight excluding hydrogens is 761 g/mol. The Hall–Kier alpha value is -2.90. The van der Waals surface area contributed by atoms with Crippen molar-refractivity contribution in [1.29, 1.82) is 0 Å². The second-order valence-electron chi connectivity index (χ2n) is 12.7. The van der Waals surface area contributed by atoms with Gasteiger partial charge < -0.3 is 0 Å². The van der Waals surface area contributed by atoms with Gasteiger partial charge in [-0.15, -0.1) is 0 Å². The molecule has 0 spiro atoms. The fourth-order valence-electron chi connectivity index (χ4n) is 7.27. The molecule has 7 rings (SSSR count). The summed E-state index contributed by atoms with van der Waals surface area (Å²) in [4.78, 5) is 0. The summed E-state index contributed by atoms with van der Waals surface area (Å²) in [5, 5.41) is 2.55. The van der Waals surface area contributed by atoms with E-state index in [2.05, 4.69) is 18.2 Å². The van der Waals surface area contributed by atoms with Gasteiger partial charge in [0.05, 0.1) is 0 Å². The molecule has 1 atom stereocenters. The zero-order chi connectivity index (χ0) is 34.2. The minimum absolute atomic E-state index is 0.0394. The van der Waals surface area contributed by atoms with Crippen molar-refractivity contribution < 1.29 is 44.2 Å². The van der Waals surface area contributed by atoms with Gasteiger partial charge in [-0.3, -0.25) is 0 Å². The van der Waals surface area contributed by atoms with Gasteiger partial charge in [-0.2, -0.15) is 0 Å². The first-order valence-corrected chi connectivity index (χ1v) is 25.9. The molecule has 0 fully saturated rings. The summed E-state index contributed by atoms with van der Waals surface area (Å²) in [6, 6.07) is 28.9. The Morgan fingerprint density at radius 3 is 1.94 bits per heavy atom. The van der Waals surface area contributed by atoms with Gasteiger partial charge in [-0.05, 0) is 0 Å². The predicted molar refractivity (Wildman–Crippen MR) is 184 cm³/mol. The predicted octanol–water partition coefficient (Wildman–Crippen LogP) is 10.0. The van der Waals surface area contributed by atoms with Crippen molar-refractivity contribution >= 4 is 46.3 Å². The average molecular weight is 789 g/mol. The van der Waals surface area contributed by atoms with Crippen LogP contribution in [-0.4, -0.2) is 9.52 Å². The van der Waals surface area contributed by atoms with Crippen LogP contribution < -0.4 is 13.6 Å². The first-order chi connectivity index (χ1) is 22.7. The van der Waals surface area contributed by atoms with E-state index in [1.54, 1.807) is 36.4 Å². The van der Waals surface area contributed by atoms with E-state index in [0.29, 0.717) is 22.3 Å². The van der Waals surface area contributed by atoms with Crippen molar-refractivity contribution in [3.8, 4) is 33.4 Å². The van der Waals surface area contributed by atoms with Crippen molar-refractivity contribution in [2.75, 3.05) is 0 Å². The average Bonchev–Trinajstić information content (AvgIpc) is 3.63. The molecule has 0 bridgehead atoms. The molecule has 1 unspecified atom stereocenters. The van der Waals surface area contributed by atoms with Crippen molar-refractivity contribution in [2.45, 2.75) is 29.8 Å². The third kappa shape index (κ3) is 5.77. The van der Waals surface area contributed by atoms with Crippen molar-refractivity contribution in [2.24, 2.45) is 5.92 Å². The number of fused-ring (bicyclic) bond motifs is 4. The van der Waals surface area contributed by atoms with E-state index in [0.717, 1.165) is 32.1 Å². The maximum absolute atomic E-state index is 14.1. The number of hydrogen-bond donors (Lipinski definition) is 0. The Morgan fingerprint density at radius 1 is 0.667 bits per heavy atom. The Morgan fingerprint density at radius 2 is 1.29 bits per heavy atom. The van der Waals surface area contributed by atoms with E-state index in [4.69, 9.17) is 17.0 Å². The van der Waals surface area contributed by atoms with Crippen LogP contribution in [0.15, 0.2) is 109 Å². The van der Waals surface area contributed by atoms with Crippen LogP contribution in [0.3, 0.4) is 0 Å². The molecule has 0 aromatic heterocycles. The molecule has 0 radical (unpaired) electrons. The standard InChI is InChI=1S/C26H19F6.C12H9Si.2ClH.Zr/c1-15(2)18-10-17-8-9-22(16-6-4-3-5-7-16)24(23(17)13-18)19-11-20(25(27,28)29)14-21(12-19)26(30,31)32;1-3-7-11-9(5-1)10-6-2-4-8-12(10)13-11;;;/h3-15H,1-2H3;1-7H,13H2;2*1H;/q;;;;+2/p-2. The Kier molecular flexibility index (Phi) is 8.51. The molecule has 0 nitrogen and oxygen atoms in total. The summed E-state index contributed by atoms with van der Waals surface area (Å²) in [7, 11) is 14.6. The SMILES string of the molecule is CC(C)C1=Cc2c(ccc(-c3ccccc3)c2-c2cc(C(F)(F)F)cc(C(F)(F)F)c2)[CH]1[Zr]([Cl])([Cl])[c]1cccc2c1[SiH2]c1ccccc1-2. The molecule has 2 aliphatic rings. The molecule has 5 aromatic carbocycles. The Bertz CT molecular complexity index is 2070. The molecule has 48 heavy (non-hydrogen) atoms. The van der Waals surface area contributed by atoms with E-state index in [1.165, 1.54) is 15.9 Å². The Labute approximate surface area is 288 Å². The molecule has 1 aliphatic heterocycles. The number of rotatable bonds is 5. The van der Waals surface area contributed by atoms with Gasteiger partial charge in [0.15, 0.2) is 0 Å². The summed E-state index contributed by atoms with van der Waals surface area (Å²) in [5.74, 6) is -0.0394. The summed E-state index contributed by atoms with van der Waals surface area (Å²) in [5.41, 5.74) is 3.19. The Balaban J connectivity index is 1.49. The van der Waals surface area contributed by atoms with Crippen LogP contribution in [0.25, 0.3) is 39.5 Å². The van der Waals surface area contributed by atoms with Crippen LogP contribution in [0.2, 0.25) is 0 Å². The van der Waals surface area contributed by atoms with Gasteiger partial charge >= 0.3 is 291 Å². The first kappa shape index (κ1) is 33.6. The van der Waals surface area contributed by atoms with Crippen LogP contribution in [0, 0.1) is 5.92 Å². The maximum atomic E-state index is 14.1. The van der Waals surface area contributed by atoms with E-state index < -0.39 is 54.5 Å². The van der Waals surface area contributed by atoms with Gasteiger partial charge in [-0.25, -0.2) is 0 Å². The molecule has 0 amide bonds. The van der Waals surface area contributed by atoms with Gasteiger partial charge in [0, 0.05) is 0 Å². The third-order valence-electron chi connectivity index (χ3n) is 9.43. The molecule has 5 aromatic rings. The van der Waals surface area contributed by atoms with Crippen LogP contribution in [0.5, 0.6) is 0 Å². The number of hydrogen-bond acceptors (Lipinski definition) is 0. The molecule has 10 heteroatoms. The fraction of sp³-hybridized carbons (Fsp3) is 0.158. The molecular formula is C38H28Cl2F6SiZr. The van der Waals surface area contributed by atoms with Crippen molar-refractivity contribution in [1.82, 2.24) is 0 Å². The van der Waals surface area contributed by atoms with Crippen LogP contribution >= 0.6 is 17.0 Å². The van der Waals surface area contributed by atoms with Crippen LogP contribution in [-0.2, 0) is 30.2 Å². The second kappa shape index (κ2) is 12.2. The van der Waals surface area contributed by atoms with Crippen LogP contribution in [0.1, 0.15) is 39.7 Å². The number of benzene rings is 5. The molecule has 1 aliphatic carbocycles.